The van der Waals surface area contributed by atoms with Gasteiger partial charge in [-0.25, -0.2) is 0 Å². The number of hydrogen-bond donors (Lipinski definition) is 0. The smallest absolute Gasteiger partial charge is 0.420 e. The molecule has 0 radical (unpaired) electrons. The molecule has 0 aliphatic rings. The lowest BCUT2D eigenvalue weighted by Gasteiger charge is -2.12. The molecule has 1 rings (SSSR count). The van der Waals surface area contributed by atoms with Crippen molar-refractivity contribution in [3.05, 3.63) is 23.8 Å². The molecule has 0 bridgehead atoms. The minimum Gasteiger partial charge on any atom is -0.497 e. The van der Waals surface area contributed by atoms with Gasteiger partial charge in [0, 0.05) is 0 Å². The first-order chi connectivity index (χ1) is 6.49. The summed E-state index contributed by atoms with van der Waals surface area (Å²) in [4.78, 5) is 0. The Balaban J connectivity index is 3.22. The van der Waals surface area contributed by atoms with Crippen LogP contribution in [-0.4, -0.2) is 14.2 Å². The Morgan fingerprint density at radius 2 is 1.71 bits per heavy atom. The molecule has 0 heterocycles. The van der Waals surface area contributed by atoms with Crippen LogP contribution in [-0.2, 0) is 6.18 Å². The summed E-state index contributed by atoms with van der Waals surface area (Å²) in [6.07, 6.45) is -4.43. The largest absolute Gasteiger partial charge is 0.497 e. The second kappa shape index (κ2) is 3.77. The first kappa shape index (κ1) is 10.7. The van der Waals surface area contributed by atoms with Crippen molar-refractivity contribution in [2.24, 2.45) is 0 Å². The van der Waals surface area contributed by atoms with Crippen LogP contribution in [0, 0.1) is 0 Å². The highest BCUT2D eigenvalue weighted by molar-refractivity contribution is 5.41. The highest BCUT2D eigenvalue weighted by atomic mass is 19.4. The summed E-state index contributed by atoms with van der Waals surface area (Å²) in [7, 11) is 2.50. The van der Waals surface area contributed by atoms with E-state index in [1.54, 1.807) is 0 Å². The van der Waals surface area contributed by atoms with E-state index in [0.29, 0.717) is 0 Å². The van der Waals surface area contributed by atoms with E-state index < -0.39 is 11.7 Å². The van der Waals surface area contributed by atoms with E-state index in [4.69, 9.17) is 4.74 Å². The molecule has 1 aromatic carbocycles. The van der Waals surface area contributed by atoms with Crippen LogP contribution in [0.1, 0.15) is 5.56 Å². The zero-order chi connectivity index (χ0) is 10.8. The Kier molecular flexibility index (Phi) is 2.88. The fourth-order valence-electron chi connectivity index (χ4n) is 1.04. The summed E-state index contributed by atoms with van der Waals surface area (Å²) in [5.41, 5.74) is -0.834. The van der Waals surface area contributed by atoms with Crippen molar-refractivity contribution < 1.29 is 22.6 Å². The van der Waals surface area contributed by atoms with Gasteiger partial charge in [0.15, 0.2) is 0 Å². The van der Waals surface area contributed by atoms with Gasteiger partial charge in [-0.15, -0.1) is 0 Å². The molecule has 0 spiro atoms. The summed E-state index contributed by atoms with van der Waals surface area (Å²) < 4.78 is 46.5. The zero-order valence-electron chi connectivity index (χ0n) is 7.68. The lowest BCUT2D eigenvalue weighted by atomic mass is 10.2. The molecule has 0 saturated heterocycles. The maximum Gasteiger partial charge on any atom is 0.420 e. The fourth-order valence-corrected chi connectivity index (χ4v) is 1.04. The van der Waals surface area contributed by atoms with E-state index >= 15 is 0 Å². The van der Waals surface area contributed by atoms with Gasteiger partial charge in [0.1, 0.15) is 17.1 Å². The number of benzene rings is 1. The number of hydrogen-bond acceptors (Lipinski definition) is 2. The van der Waals surface area contributed by atoms with E-state index in [1.807, 2.05) is 0 Å². The molecule has 0 aliphatic carbocycles. The highest BCUT2D eigenvalue weighted by Crippen LogP contribution is 2.38. The minimum absolute atomic E-state index is 0.151. The normalized spacial score (nSPS) is 11.2. The summed E-state index contributed by atoms with van der Waals surface area (Å²) in [5.74, 6) is -0.0589. The topological polar surface area (TPSA) is 18.5 Å². The van der Waals surface area contributed by atoms with Crippen molar-refractivity contribution >= 4 is 0 Å². The molecule has 0 aliphatic heterocycles. The van der Waals surface area contributed by atoms with Crippen molar-refractivity contribution in [3.8, 4) is 11.5 Å². The third-order valence-corrected chi connectivity index (χ3v) is 1.71. The molecule has 0 saturated carbocycles. The fraction of sp³-hybridized carbons (Fsp3) is 0.333. The molecule has 0 fully saturated rings. The first-order valence-corrected chi connectivity index (χ1v) is 3.78. The van der Waals surface area contributed by atoms with Crippen LogP contribution in [0.2, 0.25) is 0 Å². The number of rotatable bonds is 2. The summed E-state index contributed by atoms with van der Waals surface area (Å²) in [6.45, 7) is 0. The molecule has 0 atom stereocenters. The van der Waals surface area contributed by atoms with Gasteiger partial charge in [-0.1, -0.05) is 0 Å². The lowest BCUT2D eigenvalue weighted by Crippen LogP contribution is -2.07. The predicted octanol–water partition coefficient (Wildman–Crippen LogP) is 2.72. The number of alkyl halides is 3. The molecule has 2 nitrogen and oxygen atoms in total. The van der Waals surface area contributed by atoms with Gasteiger partial charge in [-0.2, -0.15) is 13.2 Å². The average Bonchev–Trinajstić information content (AvgIpc) is 2.15. The van der Waals surface area contributed by atoms with Crippen LogP contribution in [0.25, 0.3) is 0 Å². The molecule has 0 aromatic heterocycles. The summed E-state index contributed by atoms with van der Waals surface area (Å²) in [6, 6.07) is 3.54. The van der Waals surface area contributed by atoms with Gasteiger partial charge < -0.3 is 9.47 Å². The van der Waals surface area contributed by atoms with E-state index in [1.165, 1.54) is 26.4 Å². The number of methoxy groups -OCH3 is 2. The van der Waals surface area contributed by atoms with Crippen LogP contribution in [0.15, 0.2) is 18.2 Å². The van der Waals surface area contributed by atoms with Gasteiger partial charge in [-0.3, -0.25) is 0 Å². The van der Waals surface area contributed by atoms with Gasteiger partial charge in [-0.05, 0) is 18.2 Å². The molecular weight excluding hydrogens is 197 g/mol. The second-order valence-electron chi connectivity index (χ2n) is 2.56. The Labute approximate surface area is 79.2 Å². The van der Waals surface area contributed by atoms with Gasteiger partial charge in [0.25, 0.3) is 0 Å². The molecule has 0 unspecified atom stereocenters. The van der Waals surface area contributed by atoms with Crippen molar-refractivity contribution in [1.82, 2.24) is 0 Å². The third-order valence-electron chi connectivity index (χ3n) is 1.71. The van der Waals surface area contributed by atoms with Crippen molar-refractivity contribution in [2.75, 3.05) is 14.2 Å². The Hall–Kier alpha value is -1.39. The molecule has 0 amide bonds. The molecular formula is C9H9F3O2. The van der Waals surface area contributed by atoms with Crippen LogP contribution in [0.3, 0.4) is 0 Å². The molecule has 5 heteroatoms. The maximum atomic E-state index is 12.4. The molecule has 1 aromatic rings. The monoisotopic (exact) mass is 206 g/mol. The average molecular weight is 206 g/mol. The van der Waals surface area contributed by atoms with Crippen molar-refractivity contribution in [1.29, 1.82) is 0 Å². The van der Waals surface area contributed by atoms with E-state index in [-0.39, 0.29) is 11.5 Å². The van der Waals surface area contributed by atoms with Crippen molar-refractivity contribution in [3.63, 3.8) is 0 Å². The van der Waals surface area contributed by atoms with Gasteiger partial charge in [0.2, 0.25) is 0 Å². The first-order valence-electron chi connectivity index (χ1n) is 3.78. The minimum atomic E-state index is -4.43. The van der Waals surface area contributed by atoms with E-state index in [9.17, 15) is 13.2 Å². The Morgan fingerprint density at radius 1 is 1.07 bits per heavy atom. The van der Waals surface area contributed by atoms with E-state index in [2.05, 4.69) is 4.74 Å². The maximum absolute atomic E-state index is 12.4. The van der Waals surface area contributed by atoms with E-state index in [0.717, 1.165) is 6.07 Å². The SMILES string of the molecule is COc1ccc(OC)c(C(F)(F)F)c1. The Morgan fingerprint density at radius 3 is 2.14 bits per heavy atom. The van der Waals surface area contributed by atoms with Gasteiger partial charge >= 0.3 is 6.18 Å². The standard InChI is InChI=1S/C9H9F3O2/c1-13-6-3-4-8(14-2)7(5-6)9(10,11)12/h3-5H,1-2H3. The quantitative estimate of drug-likeness (QED) is 0.740. The van der Waals surface area contributed by atoms with Gasteiger partial charge in [0.05, 0.1) is 14.2 Å². The molecule has 78 valence electrons. The van der Waals surface area contributed by atoms with Crippen LogP contribution < -0.4 is 9.47 Å². The van der Waals surface area contributed by atoms with Crippen molar-refractivity contribution in [2.45, 2.75) is 6.18 Å². The summed E-state index contributed by atoms with van der Waals surface area (Å²) in [5, 5.41) is 0. The van der Waals surface area contributed by atoms with Crippen LogP contribution >= 0.6 is 0 Å². The second-order valence-corrected chi connectivity index (χ2v) is 2.56. The molecule has 14 heavy (non-hydrogen) atoms. The predicted molar refractivity (Wildman–Crippen MR) is 44.5 cm³/mol. The summed E-state index contributed by atoms with van der Waals surface area (Å²) >= 11 is 0. The third kappa shape index (κ3) is 2.10. The lowest BCUT2D eigenvalue weighted by molar-refractivity contribution is -0.138. The number of ether oxygens (including phenoxy) is 2. The Bertz CT molecular complexity index is 320. The van der Waals surface area contributed by atoms with Crippen LogP contribution in [0.4, 0.5) is 13.2 Å². The number of halogens is 3. The molecule has 0 N–H and O–H groups in total. The van der Waals surface area contributed by atoms with Crippen LogP contribution in [0.5, 0.6) is 11.5 Å². The zero-order valence-corrected chi connectivity index (χ0v) is 7.68. The highest BCUT2D eigenvalue weighted by Gasteiger charge is 2.34.